The maximum absolute atomic E-state index is 10.6. The first kappa shape index (κ1) is 18.6. The number of imidazole rings is 1. The standard InChI is InChI=1S/C18H20ClN3O.ClH/c1-2-11-21-15-5-3-4-6-16(15)22(18(21)20)12-17(23)13-7-9-14(19)10-8-13;/h3-10,17,20,23H,2,11-12H2,1H3;1H. The number of hydrogen-bond donors (Lipinski definition) is 2. The first-order valence-corrected chi connectivity index (χ1v) is 8.19. The van der Waals surface area contributed by atoms with E-state index in [1.54, 1.807) is 12.1 Å². The minimum atomic E-state index is -0.638. The number of aromatic nitrogens is 2. The van der Waals surface area contributed by atoms with Crippen molar-refractivity contribution in [3.8, 4) is 0 Å². The number of nitrogens with two attached hydrogens (primary N) is 1. The first-order valence-electron chi connectivity index (χ1n) is 7.82. The Balaban J connectivity index is 0.00000208. The van der Waals surface area contributed by atoms with E-state index in [0.717, 1.165) is 29.6 Å². The van der Waals surface area contributed by atoms with Gasteiger partial charge in [0.25, 0.3) is 0 Å². The molecule has 1 atom stereocenters. The lowest BCUT2D eigenvalue weighted by Gasteiger charge is -2.10. The highest BCUT2D eigenvalue weighted by molar-refractivity contribution is 6.30. The van der Waals surface area contributed by atoms with Gasteiger partial charge in [0, 0.05) is 5.02 Å². The van der Waals surface area contributed by atoms with Crippen molar-refractivity contribution in [2.75, 3.05) is 5.73 Å². The van der Waals surface area contributed by atoms with Gasteiger partial charge < -0.3 is 17.5 Å². The Hall–Kier alpha value is -1.75. The number of para-hydroxylation sites is 2. The number of aliphatic hydroxyl groups excluding tert-OH is 1. The molecule has 0 saturated carbocycles. The molecule has 1 heterocycles. The van der Waals surface area contributed by atoms with E-state index in [1.165, 1.54) is 0 Å². The molecule has 0 aliphatic carbocycles. The molecule has 24 heavy (non-hydrogen) atoms. The number of aryl methyl sites for hydroxylation is 1. The molecule has 4 nitrogen and oxygen atoms in total. The number of anilines is 1. The quantitative estimate of drug-likeness (QED) is 0.639. The molecule has 0 spiro atoms. The summed E-state index contributed by atoms with van der Waals surface area (Å²) < 4.78 is 4.08. The van der Waals surface area contributed by atoms with Crippen molar-refractivity contribution in [1.29, 1.82) is 0 Å². The second-order valence-electron chi connectivity index (χ2n) is 5.68. The summed E-state index contributed by atoms with van der Waals surface area (Å²) in [7, 11) is 0. The summed E-state index contributed by atoms with van der Waals surface area (Å²) in [6.45, 7) is 3.39. The monoisotopic (exact) mass is 365 g/mol. The summed E-state index contributed by atoms with van der Waals surface area (Å²) in [5.74, 6) is 0.668. The number of rotatable bonds is 5. The number of halogens is 2. The number of nitrogen functional groups attached to an aromatic ring is 1. The molecule has 0 aliphatic rings. The maximum Gasteiger partial charge on any atom is 0.356 e. The van der Waals surface area contributed by atoms with Crippen LogP contribution >= 0.6 is 11.6 Å². The van der Waals surface area contributed by atoms with Crippen LogP contribution in [0.4, 0.5) is 5.95 Å². The van der Waals surface area contributed by atoms with Crippen LogP contribution in [-0.2, 0) is 13.1 Å². The molecule has 6 heteroatoms. The SMILES string of the molecule is CCCn1c(N)[n+](CC(O)c2ccc(Cl)cc2)c2ccccc21.[Cl-]. The lowest BCUT2D eigenvalue weighted by Crippen LogP contribution is -3.00. The summed E-state index contributed by atoms with van der Waals surface area (Å²) in [5.41, 5.74) is 9.30. The van der Waals surface area contributed by atoms with Gasteiger partial charge in [0.15, 0.2) is 0 Å². The molecule has 0 radical (unpaired) electrons. The number of benzene rings is 2. The zero-order valence-corrected chi connectivity index (χ0v) is 15.0. The van der Waals surface area contributed by atoms with Crippen molar-refractivity contribution in [1.82, 2.24) is 4.57 Å². The molecule has 3 rings (SSSR count). The van der Waals surface area contributed by atoms with Crippen LogP contribution in [0.3, 0.4) is 0 Å². The minimum Gasteiger partial charge on any atom is -1.00 e. The van der Waals surface area contributed by atoms with Gasteiger partial charge in [-0.05, 0) is 36.2 Å². The van der Waals surface area contributed by atoms with Crippen LogP contribution in [0.1, 0.15) is 25.0 Å². The third-order valence-electron chi connectivity index (χ3n) is 4.07. The molecule has 128 valence electrons. The highest BCUT2D eigenvalue weighted by Crippen LogP contribution is 2.20. The largest absolute Gasteiger partial charge is 1.00 e. The Morgan fingerprint density at radius 2 is 1.83 bits per heavy atom. The van der Waals surface area contributed by atoms with Crippen LogP contribution < -0.4 is 22.7 Å². The van der Waals surface area contributed by atoms with E-state index in [1.807, 2.05) is 34.9 Å². The summed E-state index contributed by atoms with van der Waals surface area (Å²) >= 11 is 5.91. The Morgan fingerprint density at radius 1 is 1.17 bits per heavy atom. The second kappa shape index (κ2) is 7.88. The van der Waals surface area contributed by atoms with E-state index in [-0.39, 0.29) is 12.4 Å². The van der Waals surface area contributed by atoms with Crippen LogP contribution in [0.25, 0.3) is 11.0 Å². The average Bonchev–Trinajstić information content (AvgIpc) is 2.82. The predicted octanol–water partition coefficient (Wildman–Crippen LogP) is 0.312. The van der Waals surface area contributed by atoms with Crippen molar-refractivity contribution < 1.29 is 22.1 Å². The fraction of sp³-hybridized carbons (Fsp3) is 0.278. The number of aliphatic hydroxyl groups is 1. The molecule has 2 aromatic carbocycles. The van der Waals surface area contributed by atoms with Gasteiger partial charge >= 0.3 is 5.95 Å². The van der Waals surface area contributed by atoms with Crippen LogP contribution in [0.2, 0.25) is 5.02 Å². The van der Waals surface area contributed by atoms with Gasteiger partial charge in [0.05, 0.1) is 6.54 Å². The highest BCUT2D eigenvalue weighted by Gasteiger charge is 2.22. The van der Waals surface area contributed by atoms with Crippen LogP contribution in [-0.4, -0.2) is 9.67 Å². The van der Waals surface area contributed by atoms with Crippen molar-refractivity contribution in [3.63, 3.8) is 0 Å². The summed E-state index contributed by atoms with van der Waals surface area (Å²) in [6, 6.07) is 15.4. The van der Waals surface area contributed by atoms with E-state index in [2.05, 4.69) is 17.6 Å². The van der Waals surface area contributed by atoms with Gasteiger partial charge in [-0.1, -0.05) is 42.8 Å². The Labute approximate surface area is 152 Å². The summed E-state index contributed by atoms with van der Waals surface area (Å²) in [5, 5.41) is 11.2. The fourth-order valence-electron chi connectivity index (χ4n) is 2.93. The molecule has 1 aromatic heterocycles. The third kappa shape index (κ3) is 3.51. The number of nitrogens with zero attached hydrogens (tertiary/aromatic N) is 2. The molecule has 0 aliphatic heterocycles. The summed E-state index contributed by atoms with van der Waals surface area (Å²) in [6.07, 6.45) is 0.364. The second-order valence-corrected chi connectivity index (χ2v) is 6.11. The molecule has 0 bridgehead atoms. The third-order valence-corrected chi connectivity index (χ3v) is 4.33. The molecule has 1 unspecified atom stereocenters. The first-order chi connectivity index (χ1) is 11.1. The normalized spacial score (nSPS) is 12.1. The Morgan fingerprint density at radius 3 is 2.50 bits per heavy atom. The Bertz CT molecular complexity index is 815. The average molecular weight is 366 g/mol. The maximum atomic E-state index is 10.6. The van der Waals surface area contributed by atoms with Crippen molar-refractivity contribution in [3.05, 3.63) is 59.1 Å². The minimum absolute atomic E-state index is 0. The highest BCUT2D eigenvalue weighted by atomic mass is 35.5. The zero-order valence-electron chi connectivity index (χ0n) is 13.5. The van der Waals surface area contributed by atoms with E-state index in [4.69, 9.17) is 17.3 Å². The van der Waals surface area contributed by atoms with Crippen molar-refractivity contribution >= 4 is 28.6 Å². The predicted molar refractivity (Wildman–Crippen MR) is 93.2 cm³/mol. The lowest BCUT2D eigenvalue weighted by atomic mass is 10.1. The van der Waals surface area contributed by atoms with Gasteiger partial charge in [-0.3, -0.25) is 5.73 Å². The van der Waals surface area contributed by atoms with Gasteiger partial charge in [-0.25, -0.2) is 9.13 Å². The van der Waals surface area contributed by atoms with Gasteiger partial charge in [0.2, 0.25) is 0 Å². The molecule has 0 fully saturated rings. The van der Waals surface area contributed by atoms with E-state index < -0.39 is 6.10 Å². The molecular weight excluding hydrogens is 345 g/mol. The van der Waals surface area contributed by atoms with E-state index >= 15 is 0 Å². The molecule has 0 amide bonds. The van der Waals surface area contributed by atoms with Crippen LogP contribution in [0.15, 0.2) is 48.5 Å². The van der Waals surface area contributed by atoms with Gasteiger partial charge in [-0.15, -0.1) is 0 Å². The van der Waals surface area contributed by atoms with E-state index in [0.29, 0.717) is 17.5 Å². The molecule has 3 N–H and O–H groups in total. The smallest absolute Gasteiger partial charge is 0.356 e. The van der Waals surface area contributed by atoms with Crippen LogP contribution in [0.5, 0.6) is 0 Å². The lowest BCUT2D eigenvalue weighted by molar-refractivity contribution is -0.666. The van der Waals surface area contributed by atoms with Crippen molar-refractivity contribution in [2.45, 2.75) is 32.5 Å². The number of fused-ring (bicyclic) bond motifs is 1. The van der Waals surface area contributed by atoms with Crippen molar-refractivity contribution in [2.24, 2.45) is 0 Å². The van der Waals surface area contributed by atoms with Crippen LogP contribution in [0, 0.1) is 0 Å². The topological polar surface area (TPSA) is 55.1 Å². The van der Waals surface area contributed by atoms with E-state index in [9.17, 15) is 5.11 Å². The molecular formula is C18H21Cl2N3O. The molecule has 0 saturated heterocycles. The zero-order chi connectivity index (χ0) is 16.4. The van der Waals surface area contributed by atoms with Gasteiger partial charge in [0.1, 0.15) is 23.7 Å². The molecule has 3 aromatic rings. The fourth-order valence-corrected chi connectivity index (χ4v) is 3.05. The van der Waals surface area contributed by atoms with Gasteiger partial charge in [-0.2, -0.15) is 0 Å². The number of hydrogen-bond acceptors (Lipinski definition) is 2. The Kier molecular flexibility index (Phi) is 6.10. The summed E-state index contributed by atoms with van der Waals surface area (Å²) in [4.78, 5) is 0.